The van der Waals surface area contributed by atoms with Gasteiger partial charge in [0, 0.05) is 6.04 Å². The van der Waals surface area contributed by atoms with Crippen molar-refractivity contribution in [3.63, 3.8) is 0 Å². The molecular formula is C9H19NO3. The van der Waals surface area contributed by atoms with Gasteiger partial charge in [-0.2, -0.15) is 0 Å². The van der Waals surface area contributed by atoms with Gasteiger partial charge in [-0.05, 0) is 26.2 Å². The van der Waals surface area contributed by atoms with Crippen molar-refractivity contribution in [3.05, 3.63) is 0 Å². The fourth-order valence-corrected chi connectivity index (χ4v) is 1.70. The molecule has 0 aromatic carbocycles. The fourth-order valence-electron chi connectivity index (χ4n) is 1.70. The monoisotopic (exact) mass is 189 g/mol. The maximum Gasteiger partial charge on any atom is 0.0693 e. The molecule has 13 heavy (non-hydrogen) atoms. The van der Waals surface area contributed by atoms with Crippen LogP contribution in [0.5, 0.6) is 0 Å². The highest BCUT2D eigenvalue weighted by molar-refractivity contribution is 4.91. The van der Waals surface area contributed by atoms with E-state index in [0.29, 0.717) is 0 Å². The molecule has 0 aromatic rings. The summed E-state index contributed by atoms with van der Waals surface area (Å²) in [6.07, 6.45) is 2.39. The normalized spacial score (nSPS) is 29.5. The molecule has 0 aliphatic heterocycles. The standard InChI is InChI=1S/C9H19NO3/c1-9(5-11,6-12)10-7-3-2-4-8(7)13/h7-8,10-13H,2-6H2,1H3/t7-,8-/m0/s1. The van der Waals surface area contributed by atoms with Crippen LogP contribution in [0.3, 0.4) is 0 Å². The summed E-state index contributed by atoms with van der Waals surface area (Å²) in [6, 6.07) is 0.0179. The number of aliphatic hydroxyl groups is 3. The maximum atomic E-state index is 9.52. The largest absolute Gasteiger partial charge is 0.394 e. The number of aliphatic hydroxyl groups excluding tert-OH is 3. The van der Waals surface area contributed by atoms with Gasteiger partial charge in [0.1, 0.15) is 0 Å². The second-order valence-corrected chi connectivity index (χ2v) is 4.13. The van der Waals surface area contributed by atoms with Crippen molar-refractivity contribution in [2.45, 2.75) is 43.9 Å². The van der Waals surface area contributed by atoms with E-state index in [0.717, 1.165) is 19.3 Å². The summed E-state index contributed by atoms with van der Waals surface area (Å²) in [5.41, 5.74) is -0.671. The van der Waals surface area contributed by atoms with Crippen LogP contribution in [-0.2, 0) is 0 Å². The van der Waals surface area contributed by atoms with Crippen LogP contribution in [0.4, 0.5) is 0 Å². The van der Waals surface area contributed by atoms with Crippen molar-refractivity contribution in [3.8, 4) is 0 Å². The maximum absolute atomic E-state index is 9.52. The molecule has 2 atom stereocenters. The topological polar surface area (TPSA) is 72.7 Å². The Morgan fingerprint density at radius 2 is 1.92 bits per heavy atom. The summed E-state index contributed by atoms with van der Waals surface area (Å²) in [5, 5.41) is 30.7. The summed E-state index contributed by atoms with van der Waals surface area (Å²) >= 11 is 0. The van der Waals surface area contributed by atoms with Crippen LogP contribution >= 0.6 is 0 Å². The highest BCUT2D eigenvalue weighted by Crippen LogP contribution is 2.21. The molecule has 0 amide bonds. The first-order valence-electron chi connectivity index (χ1n) is 4.79. The van der Waals surface area contributed by atoms with Gasteiger partial charge in [-0.15, -0.1) is 0 Å². The van der Waals surface area contributed by atoms with Crippen molar-refractivity contribution < 1.29 is 15.3 Å². The lowest BCUT2D eigenvalue weighted by molar-refractivity contribution is 0.0671. The van der Waals surface area contributed by atoms with Crippen molar-refractivity contribution in [2.75, 3.05) is 13.2 Å². The van der Waals surface area contributed by atoms with Crippen molar-refractivity contribution in [1.82, 2.24) is 5.32 Å². The van der Waals surface area contributed by atoms with Gasteiger partial charge in [0.05, 0.1) is 24.9 Å². The Hall–Kier alpha value is -0.160. The Morgan fingerprint density at radius 3 is 2.31 bits per heavy atom. The summed E-state index contributed by atoms with van der Waals surface area (Å²) in [6.45, 7) is 1.51. The van der Waals surface area contributed by atoms with Gasteiger partial charge in [0.15, 0.2) is 0 Å². The first-order valence-corrected chi connectivity index (χ1v) is 4.79. The molecule has 0 aromatic heterocycles. The zero-order chi connectivity index (χ0) is 9.90. The van der Waals surface area contributed by atoms with Gasteiger partial charge in [0.2, 0.25) is 0 Å². The zero-order valence-corrected chi connectivity index (χ0v) is 8.03. The van der Waals surface area contributed by atoms with Crippen LogP contribution in [0, 0.1) is 0 Å². The van der Waals surface area contributed by atoms with Crippen LogP contribution < -0.4 is 5.32 Å². The molecule has 1 fully saturated rings. The molecule has 1 saturated carbocycles. The first kappa shape index (κ1) is 10.9. The first-order chi connectivity index (χ1) is 6.11. The number of hydrogen-bond acceptors (Lipinski definition) is 4. The predicted octanol–water partition coefficient (Wildman–Crippen LogP) is -0.767. The smallest absolute Gasteiger partial charge is 0.0693 e. The molecule has 1 aliphatic carbocycles. The van der Waals surface area contributed by atoms with E-state index in [1.807, 2.05) is 0 Å². The van der Waals surface area contributed by atoms with E-state index < -0.39 is 5.54 Å². The molecule has 0 bridgehead atoms. The fraction of sp³-hybridized carbons (Fsp3) is 1.00. The lowest BCUT2D eigenvalue weighted by atomic mass is 10.0. The third kappa shape index (κ3) is 2.64. The summed E-state index contributed by atoms with van der Waals surface area (Å²) in [4.78, 5) is 0. The summed E-state index contributed by atoms with van der Waals surface area (Å²) < 4.78 is 0. The van der Waals surface area contributed by atoms with Gasteiger partial charge < -0.3 is 20.6 Å². The zero-order valence-electron chi connectivity index (χ0n) is 8.03. The van der Waals surface area contributed by atoms with Crippen LogP contribution in [0.1, 0.15) is 26.2 Å². The van der Waals surface area contributed by atoms with E-state index in [1.54, 1.807) is 6.92 Å². The Labute approximate surface area is 78.6 Å². The molecule has 0 radical (unpaired) electrons. The summed E-state index contributed by atoms with van der Waals surface area (Å²) in [7, 11) is 0. The highest BCUT2D eigenvalue weighted by atomic mass is 16.3. The molecule has 0 saturated heterocycles. The molecule has 1 rings (SSSR count). The van der Waals surface area contributed by atoms with E-state index in [9.17, 15) is 5.11 Å². The molecular weight excluding hydrogens is 170 g/mol. The lowest BCUT2D eigenvalue weighted by Gasteiger charge is -2.31. The van der Waals surface area contributed by atoms with E-state index >= 15 is 0 Å². The van der Waals surface area contributed by atoms with Crippen LogP contribution in [0.2, 0.25) is 0 Å². The Kier molecular flexibility index (Phi) is 3.67. The highest BCUT2D eigenvalue weighted by Gasteiger charge is 2.32. The summed E-state index contributed by atoms with van der Waals surface area (Å²) in [5.74, 6) is 0. The molecule has 4 heteroatoms. The van der Waals surface area contributed by atoms with E-state index in [1.165, 1.54) is 0 Å². The van der Waals surface area contributed by atoms with Crippen LogP contribution in [0.15, 0.2) is 0 Å². The van der Waals surface area contributed by atoms with Crippen molar-refractivity contribution >= 4 is 0 Å². The minimum Gasteiger partial charge on any atom is -0.394 e. The Bertz CT molecular complexity index is 159. The van der Waals surface area contributed by atoms with E-state index in [4.69, 9.17) is 10.2 Å². The SMILES string of the molecule is CC(CO)(CO)N[C@H]1CCC[C@@H]1O. The second kappa shape index (κ2) is 4.37. The minimum atomic E-state index is -0.671. The van der Waals surface area contributed by atoms with Crippen LogP contribution in [-0.4, -0.2) is 46.2 Å². The lowest BCUT2D eigenvalue weighted by Crippen LogP contribution is -2.55. The van der Waals surface area contributed by atoms with Crippen molar-refractivity contribution in [1.29, 1.82) is 0 Å². The van der Waals surface area contributed by atoms with Crippen LogP contribution in [0.25, 0.3) is 0 Å². The average Bonchev–Trinajstić information content (AvgIpc) is 2.52. The van der Waals surface area contributed by atoms with Gasteiger partial charge in [0.25, 0.3) is 0 Å². The third-order valence-electron chi connectivity index (χ3n) is 2.71. The van der Waals surface area contributed by atoms with Gasteiger partial charge in [-0.25, -0.2) is 0 Å². The number of nitrogens with one attached hydrogen (secondary N) is 1. The molecule has 0 spiro atoms. The van der Waals surface area contributed by atoms with E-state index in [-0.39, 0.29) is 25.4 Å². The molecule has 0 unspecified atom stereocenters. The molecule has 1 aliphatic rings. The number of hydrogen-bond donors (Lipinski definition) is 4. The minimum absolute atomic E-state index is 0.0179. The van der Waals surface area contributed by atoms with Crippen molar-refractivity contribution in [2.24, 2.45) is 0 Å². The molecule has 4 nitrogen and oxygen atoms in total. The predicted molar refractivity (Wildman–Crippen MR) is 49.4 cm³/mol. The Balaban J connectivity index is 2.45. The number of rotatable bonds is 4. The molecule has 78 valence electrons. The molecule has 0 heterocycles. The second-order valence-electron chi connectivity index (χ2n) is 4.13. The Morgan fingerprint density at radius 1 is 1.31 bits per heavy atom. The van der Waals surface area contributed by atoms with E-state index in [2.05, 4.69) is 5.32 Å². The van der Waals surface area contributed by atoms with Gasteiger partial charge in [-0.1, -0.05) is 0 Å². The molecule has 4 N–H and O–H groups in total. The van der Waals surface area contributed by atoms with Gasteiger partial charge in [-0.3, -0.25) is 0 Å². The van der Waals surface area contributed by atoms with Gasteiger partial charge >= 0.3 is 0 Å². The average molecular weight is 189 g/mol. The quantitative estimate of drug-likeness (QED) is 0.469. The third-order valence-corrected chi connectivity index (χ3v) is 2.71.